The molecule has 0 aromatic heterocycles. The second kappa shape index (κ2) is 5.96. The third kappa shape index (κ3) is 4.32. The summed E-state index contributed by atoms with van der Waals surface area (Å²) < 4.78 is 76.8. The highest BCUT2D eigenvalue weighted by Crippen LogP contribution is 2.36. The van der Waals surface area contributed by atoms with Gasteiger partial charge in [0.15, 0.2) is 6.29 Å². The number of hydrogen-bond donors (Lipinski definition) is 1. The maximum atomic E-state index is 12.8. The molecule has 1 N–H and O–H groups in total. The number of hydrazine groups is 1. The lowest BCUT2D eigenvalue weighted by Gasteiger charge is -2.23. The second-order valence-corrected chi connectivity index (χ2v) is 5.06. The molecule has 11 heteroatoms. The van der Waals surface area contributed by atoms with Gasteiger partial charge in [0.25, 0.3) is 0 Å². The van der Waals surface area contributed by atoms with E-state index in [-0.39, 0.29) is 18.2 Å². The van der Waals surface area contributed by atoms with E-state index >= 15 is 0 Å². The molecule has 1 aliphatic heterocycles. The first-order valence-electron chi connectivity index (χ1n) is 6.36. The fourth-order valence-electron chi connectivity index (χ4n) is 2.02. The second-order valence-electron chi connectivity index (χ2n) is 5.06. The van der Waals surface area contributed by atoms with E-state index in [9.17, 15) is 26.3 Å². The van der Waals surface area contributed by atoms with Crippen molar-refractivity contribution in [2.75, 3.05) is 14.1 Å². The van der Waals surface area contributed by atoms with Crippen molar-refractivity contribution in [3.8, 4) is 0 Å². The van der Waals surface area contributed by atoms with Gasteiger partial charge < -0.3 is 0 Å². The maximum absolute atomic E-state index is 12.8. The molecular weight excluding hydrogens is 328 g/mol. The van der Waals surface area contributed by atoms with Gasteiger partial charge in [-0.25, -0.2) is 5.12 Å². The average Bonchev–Trinajstić information content (AvgIpc) is 2.83. The highest BCUT2D eigenvalue weighted by Gasteiger charge is 2.37. The Hall–Kier alpha value is -1.88. The van der Waals surface area contributed by atoms with E-state index in [0.717, 1.165) is 0 Å². The van der Waals surface area contributed by atoms with Crippen LogP contribution in [0.15, 0.2) is 28.5 Å². The minimum Gasteiger partial charge on any atom is -0.265 e. The summed E-state index contributed by atoms with van der Waals surface area (Å²) in [5.74, 6) is 0. The Labute approximate surface area is 127 Å². The highest BCUT2D eigenvalue weighted by molar-refractivity contribution is 5.33. The number of nitrogens with zero attached hydrogens (tertiary/aromatic N) is 4. The molecule has 1 aliphatic rings. The van der Waals surface area contributed by atoms with Crippen LogP contribution < -0.4 is 5.43 Å². The minimum absolute atomic E-state index is 0.102. The quantitative estimate of drug-likeness (QED) is 0.859. The van der Waals surface area contributed by atoms with Crippen LogP contribution in [0.5, 0.6) is 0 Å². The zero-order valence-corrected chi connectivity index (χ0v) is 12.1. The topological polar surface area (TPSA) is 43.2 Å². The number of halogens is 6. The summed E-state index contributed by atoms with van der Waals surface area (Å²) in [7, 11) is 3.06. The molecule has 1 atom stereocenters. The van der Waals surface area contributed by atoms with Crippen LogP contribution in [-0.2, 0) is 18.9 Å². The number of nitrogens with one attached hydrogen (secondary N) is 1. The molecular formula is C12H13F6N5. The predicted octanol–water partition coefficient (Wildman–Crippen LogP) is 3.26. The molecule has 0 fully saturated rings. The normalized spacial score (nSPS) is 19.0. The standard InChI is InChI=1S/C12H13F6N5/c1-22(10-19-21-23(2)20-10)6-7-3-8(11(13,14)15)5-9(4-7)12(16,17)18/h3-5,10,20H,6H2,1-2H3. The van der Waals surface area contributed by atoms with Crippen molar-refractivity contribution in [3.63, 3.8) is 0 Å². The lowest BCUT2D eigenvalue weighted by molar-refractivity contribution is -0.143. The molecule has 0 amide bonds. The van der Waals surface area contributed by atoms with Crippen molar-refractivity contribution in [1.29, 1.82) is 0 Å². The van der Waals surface area contributed by atoms with E-state index in [0.29, 0.717) is 12.1 Å². The fourth-order valence-corrected chi connectivity index (χ4v) is 2.02. The third-order valence-electron chi connectivity index (χ3n) is 3.09. The van der Waals surface area contributed by atoms with Gasteiger partial charge in [0.05, 0.1) is 11.1 Å². The highest BCUT2D eigenvalue weighted by atomic mass is 19.4. The zero-order valence-electron chi connectivity index (χ0n) is 12.1. The van der Waals surface area contributed by atoms with Gasteiger partial charge in [-0.3, -0.25) is 4.90 Å². The molecule has 0 spiro atoms. The van der Waals surface area contributed by atoms with Crippen molar-refractivity contribution in [3.05, 3.63) is 34.9 Å². The van der Waals surface area contributed by atoms with Crippen LogP contribution in [0.4, 0.5) is 26.3 Å². The van der Waals surface area contributed by atoms with E-state index in [2.05, 4.69) is 15.8 Å². The van der Waals surface area contributed by atoms with E-state index < -0.39 is 29.8 Å². The summed E-state index contributed by atoms with van der Waals surface area (Å²) in [5.41, 5.74) is -0.0569. The average molecular weight is 341 g/mol. The number of hydrogen-bond acceptors (Lipinski definition) is 5. The summed E-state index contributed by atoms with van der Waals surface area (Å²) in [4.78, 5) is 1.43. The van der Waals surface area contributed by atoms with Crippen LogP contribution in [-0.4, -0.2) is 30.4 Å². The van der Waals surface area contributed by atoms with E-state index in [1.165, 1.54) is 17.1 Å². The van der Waals surface area contributed by atoms with E-state index in [1.807, 2.05) is 0 Å². The molecule has 0 saturated carbocycles. The molecule has 1 aromatic carbocycles. The van der Waals surface area contributed by atoms with Crippen LogP contribution in [0.2, 0.25) is 0 Å². The molecule has 2 rings (SSSR count). The molecule has 128 valence electrons. The van der Waals surface area contributed by atoms with Gasteiger partial charge in [-0.2, -0.15) is 31.8 Å². The SMILES string of the molecule is CN1N=NC(N(C)Cc2cc(C(F)(F)F)cc(C(F)(F)F)c2)N1. The van der Waals surface area contributed by atoms with Crippen LogP contribution in [0, 0.1) is 0 Å². The zero-order chi connectivity index (χ0) is 17.4. The number of alkyl halides is 6. The number of benzene rings is 1. The van der Waals surface area contributed by atoms with Crippen molar-refractivity contribution in [2.45, 2.75) is 25.2 Å². The van der Waals surface area contributed by atoms with E-state index in [1.54, 1.807) is 7.05 Å². The predicted molar refractivity (Wildman–Crippen MR) is 67.5 cm³/mol. The molecule has 1 unspecified atom stereocenters. The van der Waals surface area contributed by atoms with Crippen LogP contribution >= 0.6 is 0 Å². The van der Waals surface area contributed by atoms with Crippen molar-refractivity contribution in [2.24, 2.45) is 10.3 Å². The Morgan fingerprint density at radius 1 is 1.09 bits per heavy atom. The summed E-state index contributed by atoms with van der Waals surface area (Å²) >= 11 is 0. The Morgan fingerprint density at radius 3 is 2.00 bits per heavy atom. The van der Waals surface area contributed by atoms with Gasteiger partial charge in [-0.1, -0.05) is 5.22 Å². The maximum Gasteiger partial charge on any atom is 0.416 e. The Morgan fingerprint density at radius 2 is 1.61 bits per heavy atom. The van der Waals surface area contributed by atoms with Crippen LogP contribution in [0.3, 0.4) is 0 Å². The smallest absolute Gasteiger partial charge is 0.265 e. The van der Waals surface area contributed by atoms with Gasteiger partial charge in [-0.05, 0) is 30.8 Å². The van der Waals surface area contributed by atoms with Gasteiger partial charge in [0.1, 0.15) is 0 Å². The van der Waals surface area contributed by atoms with Gasteiger partial charge in [0, 0.05) is 13.6 Å². The first-order chi connectivity index (χ1) is 10.5. The molecule has 0 radical (unpaired) electrons. The van der Waals surface area contributed by atoms with Crippen LogP contribution in [0.1, 0.15) is 16.7 Å². The molecule has 5 nitrogen and oxygen atoms in total. The monoisotopic (exact) mass is 341 g/mol. The minimum atomic E-state index is -4.86. The molecule has 23 heavy (non-hydrogen) atoms. The molecule has 0 aliphatic carbocycles. The molecule has 0 saturated heterocycles. The van der Waals surface area contributed by atoms with Crippen LogP contribution in [0.25, 0.3) is 0 Å². The van der Waals surface area contributed by atoms with Crippen molar-refractivity contribution in [1.82, 2.24) is 15.4 Å². The third-order valence-corrected chi connectivity index (χ3v) is 3.09. The van der Waals surface area contributed by atoms with Crippen molar-refractivity contribution >= 4 is 0 Å². The van der Waals surface area contributed by atoms with Gasteiger partial charge >= 0.3 is 12.4 Å². The van der Waals surface area contributed by atoms with Gasteiger partial charge in [0.2, 0.25) is 0 Å². The molecule has 1 aromatic rings. The lowest BCUT2D eigenvalue weighted by Crippen LogP contribution is -2.43. The Balaban J connectivity index is 2.28. The summed E-state index contributed by atoms with van der Waals surface area (Å²) in [6.07, 6.45) is -10.4. The van der Waals surface area contributed by atoms with E-state index in [4.69, 9.17) is 0 Å². The lowest BCUT2D eigenvalue weighted by atomic mass is 10.0. The molecule has 0 bridgehead atoms. The summed E-state index contributed by atoms with van der Waals surface area (Å²) in [6.45, 7) is -0.169. The number of rotatable bonds is 3. The summed E-state index contributed by atoms with van der Waals surface area (Å²) in [5, 5.41) is 8.70. The first kappa shape index (κ1) is 17.5. The summed E-state index contributed by atoms with van der Waals surface area (Å²) in [6, 6.07) is 1.49. The van der Waals surface area contributed by atoms with Crippen molar-refractivity contribution < 1.29 is 26.3 Å². The first-order valence-corrected chi connectivity index (χ1v) is 6.36. The molecule has 1 heterocycles. The van der Waals surface area contributed by atoms with Gasteiger partial charge in [-0.15, -0.1) is 5.11 Å². The Bertz CT molecular complexity index is 564. The largest absolute Gasteiger partial charge is 0.416 e. The Kier molecular flexibility index (Phi) is 4.53. The fraction of sp³-hybridized carbons (Fsp3) is 0.500.